The minimum Gasteiger partial charge on any atom is -0.491 e. The van der Waals surface area contributed by atoms with E-state index in [2.05, 4.69) is 4.52 Å². The zero-order valence-electron chi connectivity index (χ0n) is 12.6. The minimum absolute atomic E-state index is 0.215. The summed E-state index contributed by atoms with van der Waals surface area (Å²) in [6.07, 6.45) is -3.61. The van der Waals surface area contributed by atoms with Gasteiger partial charge in [0.05, 0.1) is 0 Å². The zero-order chi connectivity index (χ0) is 18.6. The van der Waals surface area contributed by atoms with Crippen molar-refractivity contribution in [2.24, 2.45) is 0 Å². The normalized spacial score (nSPS) is 14.2. The molecule has 136 valence electrons. The molecule has 0 aliphatic rings. The Bertz CT molecular complexity index is 854. The van der Waals surface area contributed by atoms with Crippen LogP contribution in [0, 0.1) is 0 Å². The monoisotopic (exact) mass is 374 g/mol. The number of phosphoric ester groups is 1. The smallest absolute Gasteiger partial charge is 0.470 e. The van der Waals surface area contributed by atoms with E-state index in [1.54, 1.807) is 12.1 Å². The van der Waals surface area contributed by atoms with Crippen molar-refractivity contribution in [3.05, 3.63) is 40.8 Å². The van der Waals surface area contributed by atoms with Crippen molar-refractivity contribution >= 4 is 24.6 Å². The van der Waals surface area contributed by atoms with Gasteiger partial charge in [-0.05, 0) is 18.2 Å². The fourth-order valence-electron chi connectivity index (χ4n) is 1.85. The van der Waals surface area contributed by atoms with Gasteiger partial charge < -0.3 is 29.2 Å². The number of hydrogen-bond donors (Lipinski definition) is 4. The second kappa shape index (κ2) is 7.87. The zero-order valence-corrected chi connectivity index (χ0v) is 13.5. The van der Waals surface area contributed by atoms with Crippen molar-refractivity contribution in [1.82, 2.24) is 0 Å². The summed E-state index contributed by atoms with van der Waals surface area (Å²) in [6, 6.07) is 7.35. The number of ether oxygens (including phenoxy) is 1. The molecule has 0 bridgehead atoms. The number of phosphoric acid groups is 1. The average molecular weight is 374 g/mol. The van der Waals surface area contributed by atoms with E-state index >= 15 is 0 Å². The fraction of sp³-hybridized carbons (Fsp3) is 0.286. The Labute approximate surface area is 140 Å². The Kier molecular flexibility index (Phi) is 6.07. The van der Waals surface area contributed by atoms with Gasteiger partial charge in [-0.1, -0.05) is 0 Å². The van der Waals surface area contributed by atoms with E-state index in [0.717, 1.165) is 0 Å². The molecule has 0 amide bonds. The first-order chi connectivity index (χ1) is 11.7. The van der Waals surface area contributed by atoms with E-state index in [9.17, 15) is 24.4 Å². The third-order valence-corrected chi connectivity index (χ3v) is 3.55. The number of benzene rings is 1. The minimum atomic E-state index is -4.86. The van der Waals surface area contributed by atoms with Crippen molar-refractivity contribution in [1.29, 1.82) is 0 Å². The SMILES string of the molecule is O=C(COP(=O)(O)O)C(O)C(O)COc1ccc2ccc(=O)oc2c1. The van der Waals surface area contributed by atoms with Gasteiger partial charge in [0.15, 0.2) is 5.78 Å². The first kappa shape index (κ1) is 19.3. The van der Waals surface area contributed by atoms with E-state index in [4.69, 9.17) is 18.9 Å². The summed E-state index contributed by atoms with van der Waals surface area (Å²) in [5, 5.41) is 20.0. The van der Waals surface area contributed by atoms with Gasteiger partial charge in [0, 0.05) is 17.5 Å². The first-order valence-electron chi connectivity index (χ1n) is 6.91. The molecular formula is C14H15O10P. The van der Waals surface area contributed by atoms with Crippen LogP contribution in [0.15, 0.2) is 39.5 Å². The summed E-state index contributed by atoms with van der Waals surface area (Å²) < 4.78 is 24.6. The lowest BCUT2D eigenvalue weighted by molar-refractivity contribution is -0.136. The largest absolute Gasteiger partial charge is 0.491 e. The van der Waals surface area contributed by atoms with Crippen LogP contribution in [-0.2, 0) is 13.9 Å². The Morgan fingerprint density at radius 2 is 1.88 bits per heavy atom. The predicted octanol–water partition coefficient (Wildman–Crippen LogP) is -0.428. The molecule has 2 unspecified atom stereocenters. The molecule has 0 spiro atoms. The average Bonchev–Trinajstić information content (AvgIpc) is 2.55. The van der Waals surface area contributed by atoms with Gasteiger partial charge in [0.2, 0.25) is 0 Å². The van der Waals surface area contributed by atoms with Crippen LogP contribution in [0.3, 0.4) is 0 Å². The van der Waals surface area contributed by atoms with Gasteiger partial charge in [-0.3, -0.25) is 9.32 Å². The molecule has 0 saturated heterocycles. The number of rotatable bonds is 8. The van der Waals surface area contributed by atoms with Crippen molar-refractivity contribution in [2.45, 2.75) is 12.2 Å². The molecule has 2 atom stereocenters. The molecule has 0 aliphatic carbocycles. The molecule has 0 saturated carbocycles. The van der Waals surface area contributed by atoms with Gasteiger partial charge >= 0.3 is 13.4 Å². The standard InChI is InChI=1S/C14H15O10P/c15-10(14(18)11(16)7-23-25(19,20)21)6-22-9-3-1-8-2-4-13(17)24-12(8)5-9/h1-5,10,14-15,18H,6-7H2,(H2,19,20,21). The number of carbonyl (C=O) groups excluding carboxylic acids is 1. The summed E-state index contributed by atoms with van der Waals surface area (Å²) in [5.74, 6) is -0.907. The summed E-state index contributed by atoms with van der Waals surface area (Å²) in [6.45, 7) is -1.56. The van der Waals surface area contributed by atoms with Crippen molar-refractivity contribution in [3.8, 4) is 5.75 Å². The van der Waals surface area contributed by atoms with Crippen LogP contribution in [-0.4, -0.2) is 51.2 Å². The highest BCUT2D eigenvalue weighted by Gasteiger charge is 2.27. The number of aliphatic hydroxyl groups is 2. The molecule has 0 radical (unpaired) electrons. The van der Waals surface area contributed by atoms with Crippen LogP contribution < -0.4 is 10.4 Å². The summed E-state index contributed by atoms with van der Waals surface area (Å²) in [7, 11) is -4.86. The molecule has 1 aromatic carbocycles. The highest BCUT2D eigenvalue weighted by Crippen LogP contribution is 2.35. The van der Waals surface area contributed by atoms with Gasteiger partial charge in [-0.2, -0.15) is 0 Å². The Hall–Kier alpha value is -2.07. The van der Waals surface area contributed by atoms with Crippen LogP contribution in [0.1, 0.15) is 0 Å². The maximum atomic E-state index is 11.5. The molecular weight excluding hydrogens is 359 g/mol. The molecule has 1 heterocycles. The molecule has 0 fully saturated rings. The van der Waals surface area contributed by atoms with Crippen molar-refractivity contribution < 1.29 is 43.0 Å². The molecule has 11 heteroatoms. The number of Topliss-reactive ketones (excluding diaryl/α,β-unsaturated/α-hetero) is 1. The van der Waals surface area contributed by atoms with Gasteiger partial charge in [0.25, 0.3) is 0 Å². The van der Waals surface area contributed by atoms with Crippen LogP contribution in [0.4, 0.5) is 0 Å². The lowest BCUT2D eigenvalue weighted by atomic mass is 10.1. The second-order valence-electron chi connectivity index (χ2n) is 5.01. The summed E-state index contributed by atoms with van der Waals surface area (Å²) >= 11 is 0. The molecule has 2 aromatic rings. The Morgan fingerprint density at radius 3 is 2.56 bits per heavy atom. The maximum absolute atomic E-state index is 11.5. The molecule has 1 aromatic heterocycles. The molecule has 0 aliphatic heterocycles. The van der Waals surface area contributed by atoms with Crippen LogP contribution in [0.5, 0.6) is 5.75 Å². The lowest BCUT2D eigenvalue weighted by Gasteiger charge is -2.17. The number of hydrogen-bond acceptors (Lipinski definition) is 8. The topological polar surface area (TPSA) is 164 Å². The highest BCUT2D eigenvalue weighted by atomic mass is 31.2. The second-order valence-corrected chi connectivity index (χ2v) is 6.25. The van der Waals surface area contributed by atoms with Crippen LogP contribution in [0.2, 0.25) is 0 Å². The van der Waals surface area contributed by atoms with E-state index < -0.39 is 44.7 Å². The van der Waals surface area contributed by atoms with Crippen LogP contribution >= 0.6 is 7.82 Å². The fourth-order valence-corrected chi connectivity index (χ4v) is 2.15. The predicted molar refractivity (Wildman–Crippen MR) is 83.0 cm³/mol. The first-order valence-corrected chi connectivity index (χ1v) is 8.44. The molecule has 10 nitrogen and oxygen atoms in total. The van der Waals surface area contributed by atoms with Gasteiger partial charge in [-0.25, -0.2) is 9.36 Å². The molecule has 25 heavy (non-hydrogen) atoms. The number of fused-ring (bicyclic) bond motifs is 1. The number of ketones is 1. The van der Waals surface area contributed by atoms with E-state index in [0.29, 0.717) is 5.39 Å². The van der Waals surface area contributed by atoms with E-state index in [-0.39, 0.29) is 11.3 Å². The Morgan fingerprint density at radius 1 is 1.20 bits per heavy atom. The van der Waals surface area contributed by atoms with Gasteiger partial charge in [0.1, 0.15) is 36.8 Å². The third kappa shape index (κ3) is 5.75. The Balaban J connectivity index is 1.94. The summed E-state index contributed by atoms with van der Waals surface area (Å²) in [4.78, 5) is 39.6. The van der Waals surface area contributed by atoms with Crippen LogP contribution in [0.25, 0.3) is 11.0 Å². The van der Waals surface area contributed by atoms with E-state index in [1.165, 1.54) is 18.2 Å². The summed E-state index contributed by atoms with van der Waals surface area (Å²) in [5.41, 5.74) is -0.290. The van der Waals surface area contributed by atoms with Crippen molar-refractivity contribution in [3.63, 3.8) is 0 Å². The molecule has 4 N–H and O–H groups in total. The van der Waals surface area contributed by atoms with Crippen molar-refractivity contribution in [2.75, 3.05) is 13.2 Å². The quantitative estimate of drug-likeness (QED) is 0.352. The highest BCUT2D eigenvalue weighted by molar-refractivity contribution is 7.46. The number of carbonyl (C=O) groups is 1. The lowest BCUT2D eigenvalue weighted by Crippen LogP contribution is -2.39. The van der Waals surface area contributed by atoms with E-state index in [1.807, 2.05) is 0 Å². The van der Waals surface area contributed by atoms with Gasteiger partial charge in [-0.15, -0.1) is 0 Å². The maximum Gasteiger partial charge on any atom is 0.470 e. The number of aliphatic hydroxyl groups excluding tert-OH is 2. The molecule has 2 rings (SSSR count). The third-order valence-electron chi connectivity index (χ3n) is 3.08.